The number of guanidine groups is 1. The van der Waals surface area contributed by atoms with Gasteiger partial charge in [-0.2, -0.15) is 13.2 Å². The van der Waals surface area contributed by atoms with Gasteiger partial charge in [-0.25, -0.2) is 9.98 Å². The van der Waals surface area contributed by atoms with Crippen LogP contribution in [0.1, 0.15) is 50.5 Å². The summed E-state index contributed by atoms with van der Waals surface area (Å²) in [6.07, 6.45) is -2.58. The first-order valence-corrected chi connectivity index (χ1v) is 9.76. The monoisotopic (exact) mass is 554 g/mol. The van der Waals surface area contributed by atoms with Crippen molar-refractivity contribution in [1.29, 1.82) is 0 Å². The van der Waals surface area contributed by atoms with Gasteiger partial charge in [0.25, 0.3) is 0 Å². The van der Waals surface area contributed by atoms with E-state index < -0.39 is 12.8 Å². The fourth-order valence-corrected chi connectivity index (χ4v) is 2.44. The van der Waals surface area contributed by atoms with Crippen molar-refractivity contribution in [3.05, 3.63) is 53.2 Å². The van der Waals surface area contributed by atoms with Crippen LogP contribution in [0.2, 0.25) is 0 Å². The van der Waals surface area contributed by atoms with E-state index in [1.165, 1.54) is 0 Å². The van der Waals surface area contributed by atoms with Gasteiger partial charge in [0.2, 0.25) is 5.89 Å². The van der Waals surface area contributed by atoms with Crippen molar-refractivity contribution in [2.75, 3.05) is 13.2 Å². The van der Waals surface area contributed by atoms with E-state index >= 15 is 0 Å². The Morgan fingerprint density at radius 1 is 1.10 bits per heavy atom. The molecule has 0 unspecified atom stereocenters. The van der Waals surface area contributed by atoms with E-state index in [1.54, 1.807) is 18.3 Å². The van der Waals surface area contributed by atoms with Crippen LogP contribution in [0.3, 0.4) is 0 Å². The first-order chi connectivity index (χ1) is 14.1. The number of nitrogens with one attached hydrogen (secondary N) is 2. The second kappa shape index (κ2) is 12.3. The Morgan fingerprint density at radius 3 is 2.29 bits per heavy atom. The summed E-state index contributed by atoms with van der Waals surface area (Å²) in [4.78, 5) is 8.81. The van der Waals surface area contributed by atoms with Crippen LogP contribution in [0.4, 0.5) is 13.2 Å². The number of ether oxygens (including phenoxy) is 1. The summed E-state index contributed by atoms with van der Waals surface area (Å²) in [6.45, 7) is 8.32. The minimum absolute atomic E-state index is 0. The zero-order chi connectivity index (χ0) is 22.2. The normalized spacial score (nSPS) is 12.4. The molecule has 1 heterocycles. The summed E-state index contributed by atoms with van der Waals surface area (Å²) in [5, 5.41) is 6.34. The number of nitrogens with zero attached hydrogens (tertiary/aromatic N) is 2. The Bertz CT molecular complexity index is 815. The number of benzene rings is 1. The fourth-order valence-electron chi connectivity index (χ4n) is 2.44. The molecule has 10 heteroatoms. The number of aliphatic imine (C=N–C) groups is 1. The summed E-state index contributed by atoms with van der Waals surface area (Å²) in [6, 6.07) is 7.12. The summed E-state index contributed by atoms with van der Waals surface area (Å²) < 4.78 is 46.8. The molecule has 0 bridgehead atoms. The van der Waals surface area contributed by atoms with Crippen LogP contribution in [0, 0.1) is 0 Å². The topological polar surface area (TPSA) is 71.7 Å². The first kappa shape index (κ1) is 27.2. The Kier molecular flexibility index (Phi) is 10.8. The molecule has 0 saturated carbocycles. The van der Waals surface area contributed by atoms with Crippen molar-refractivity contribution in [2.45, 2.75) is 59.0 Å². The van der Waals surface area contributed by atoms with Gasteiger partial charge in [-0.1, -0.05) is 45.0 Å². The van der Waals surface area contributed by atoms with E-state index in [0.717, 1.165) is 11.3 Å². The van der Waals surface area contributed by atoms with Crippen molar-refractivity contribution < 1.29 is 22.3 Å². The summed E-state index contributed by atoms with van der Waals surface area (Å²) in [7, 11) is 0. The van der Waals surface area contributed by atoms with E-state index in [4.69, 9.17) is 4.42 Å². The van der Waals surface area contributed by atoms with Crippen molar-refractivity contribution in [2.24, 2.45) is 4.99 Å². The van der Waals surface area contributed by atoms with E-state index in [1.807, 2.05) is 19.1 Å². The number of aromatic nitrogens is 1. The molecule has 0 radical (unpaired) electrons. The molecule has 0 aliphatic carbocycles. The smallest absolute Gasteiger partial charge is 0.411 e. The predicted octanol–water partition coefficient (Wildman–Crippen LogP) is 4.92. The molecular weight excluding hydrogens is 524 g/mol. The average Bonchev–Trinajstić information content (AvgIpc) is 3.13. The van der Waals surface area contributed by atoms with Crippen LogP contribution in [0.5, 0.6) is 0 Å². The van der Waals surface area contributed by atoms with Crippen molar-refractivity contribution >= 4 is 29.9 Å². The summed E-state index contributed by atoms with van der Waals surface area (Å²) >= 11 is 0. The van der Waals surface area contributed by atoms with Crippen molar-refractivity contribution in [3.8, 4) is 0 Å². The van der Waals surface area contributed by atoms with Crippen LogP contribution >= 0.6 is 24.0 Å². The Morgan fingerprint density at radius 2 is 1.74 bits per heavy atom. The molecule has 0 spiro atoms. The van der Waals surface area contributed by atoms with Crippen LogP contribution in [0.15, 0.2) is 39.9 Å². The van der Waals surface area contributed by atoms with Gasteiger partial charge >= 0.3 is 6.18 Å². The molecule has 1 aromatic carbocycles. The van der Waals surface area contributed by atoms with Gasteiger partial charge < -0.3 is 19.8 Å². The Balaban J connectivity index is 0.00000480. The highest BCUT2D eigenvalue weighted by atomic mass is 127. The SMILES string of the molecule is CCNC(=NCc1ccc(COCC(F)(F)F)cc1)NCc1ncc(C(C)(C)C)o1.I. The molecule has 31 heavy (non-hydrogen) atoms. The van der Waals surface area contributed by atoms with Crippen molar-refractivity contribution in [1.82, 2.24) is 15.6 Å². The zero-order valence-corrected chi connectivity index (χ0v) is 20.5. The van der Waals surface area contributed by atoms with Crippen molar-refractivity contribution in [3.63, 3.8) is 0 Å². The largest absolute Gasteiger partial charge is 0.443 e. The zero-order valence-electron chi connectivity index (χ0n) is 18.2. The lowest BCUT2D eigenvalue weighted by Gasteiger charge is -2.13. The van der Waals surface area contributed by atoms with Gasteiger partial charge in [0.1, 0.15) is 12.4 Å². The van der Waals surface area contributed by atoms with Crippen LogP contribution in [-0.4, -0.2) is 30.3 Å². The maximum atomic E-state index is 12.1. The lowest BCUT2D eigenvalue weighted by atomic mass is 9.94. The Hall–Kier alpha value is -1.82. The highest BCUT2D eigenvalue weighted by molar-refractivity contribution is 14.0. The van der Waals surface area contributed by atoms with Crippen LogP contribution in [-0.2, 0) is 29.8 Å². The molecule has 0 amide bonds. The third-order valence-electron chi connectivity index (χ3n) is 4.02. The summed E-state index contributed by atoms with van der Waals surface area (Å²) in [5.74, 6) is 2.01. The highest BCUT2D eigenvalue weighted by Gasteiger charge is 2.27. The number of halogens is 4. The van der Waals surface area contributed by atoms with E-state index in [0.29, 0.717) is 37.0 Å². The van der Waals surface area contributed by atoms with Crippen LogP contribution < -0.4 is 10.6 Å². The number of oxazole rings is 1. The molecule has 0 atom stereocenters. The molecule has 2 aromatic rings. The molecule has 2 N–H and O–H groups in total. The van der Waals surface area contributed by atoms with E-state index in [2.05, 4.69) is 46.1 Å². The van der Waals surface area contributed by atoms with Gasteiger partial charge in [-0.3, -0.25) is 0 Å². The molecule has 0 fully saturated rings. The van der Waals surface area contributed by atoms with Gasteiger partial charge in [-0.05, 0) is 18.1 Å². The first-order valence-electron chi connectivity index (χ1n) is 9.76. The van der Waals surface area contributed by atoms with E-state index in [-0.39, 0.29) is 36.0 Å². The lowest BCUT2D eigenvalue weighted by molar-refractivity contribution is -0.176. The van der Waals surface area contributed by atoms with Gasteiger partial charge in [0.05, 0.1) is 25.9 Å². The molecular formula is C21H30F3IN4O2. The number of alkyl halides is 3. The van der Waals surface area contributed by atoms with Gasteiger partial charge in [0.15, 0.2) is 5.96 Å². The Labute approximate surface area is 198 Å². The highest BCUT2D eigenvalue weighted by Crippen LogP contribution is 2.22. The minimum atomic E-state index is -4.32. The molecule has 6 nitrogen and oxygen atoms in total. The second-order valence-electron chi connectivity index (χ2n) is 7.84. The summed E-state index contributed by atoms with van der Waals surface area (Å²) in [5.41, 5.74) is 1.50. The number of hydrogen-bond donors (Lipinski definition) is 2. The van der Waals surface area contributed by atoms with Crippen LogP contribution in [0.25, 0.3) is 0 Å². The number of hydrogen-bond acceptors (Lipinski definition) is 4. The molecule has 1 aromatic heterocycles. The maximum absolute atomic E-state index is 12.1. The third-order valence-corrected chi connectivity index (χ3v) is 4.02. The molecule has 2 rings (SSSR count). The average molecular weight is 554 g/mol. The quantitative estimate of drug-likeness (QED) is 0.275. The standard InChI is InChI=1S/C21H29F3N4O2.HI/c1-5-25-19(28-12-18-26-11-17(30-18)20(2,3)4)27-10-15-6-8-16(9-7-15)13-29-14-21(22,23)24;/h6-9,11H,5,10,12-14H2,1-4H3,(H2,25,27,28);1H. The second-order valence-corrected chi connectivity index (χ2v) is 7.84. The molecule has 0 aliphatic rings. The minimum Gasteiger partial charge on any atom is -0.443 e. The lowest BCUT2D eigenvalue weighted by Crippen LogP contribution is -2.36. The number of rotatable bonds is 8. The van der Waals surface area contributed by atoms with Gasteiger partial charge in [0, 0.05) is 12.0 Å². The maximum Gasteiger partial charge on any atom is 0.411 e. The van der Waals surface area contributed by atoms with Gasteiger partial charge in [-0.15, -0.1) is 24.0 Å². The fraction of sp³-hybridized carbons (Fsp3) is 0.524. The van der Waals surface area contributed by atoms with E-state index in [9.17, 15) is 13.2 Å². The molecule has 174 valence electrons. The molecule has 0 aliphatic heterocycles. The molecule has 0 saturated heterocycles. The predicted molar refractivity (Wildman–Crippen MR) is 124 cm³/mol. The third kappa shape index (κ3) is 10.4.